The molecule has 1 atom stereocenters. The van der Waals surface area contributed by atoms with Crippen molar-refractivity contribution in [2.45, 2.75) is 39.3 Å². The van der Waals surface area contributed by atoms with Crippen molar-refractivity contribution in [3.05, 3.63) is 54.4 Å². The van der Waals surface area contributed by atoms with Gasteiger partial charge in [0.25, 0.3) is 5.91 Å². The summed E-state index contributed by atoms with van der Waals surface area (Å²) in [5.41, 5.74) is 2.76. The Kier molecular flexibility index (Phi) is 4.75. The van der Waals surface area contributed by atoms with E-state index in [4.69, 9.17) is 0 Å². The van der Waals surface area contributed by atoms with Gasteiger partial charge in [0.15, 0.2) is 0 Å². The summed E-state index contributed by atoms with van der Waals surface area (Å²) in [5, 5.41) is 4.23. The van der Waals surface area contributed by atoms with Gasteiger partial charge in [-0.25, -0.2) is 4.98 Å². The maximum absolute atomic E-state index is 13.0. The molecular weight excluding hydrogens is 340 g/mol. The van der Waals surface area contributed by atoms with E-state index in [2.05, 4.69) is 26.6 Å². The fraction of sp³-hybridized carbons (Fsp3) is 0.400. The summed E-state index contributed by atoms with van der Waals surface area (Å²) in [5.74, 6) is 0.971. The summed E-state index contributed by atoms with van der Waals surface area (Å²) in [7, 11) is 0. The number of piperidine rings is 1. The van der Waals surface area contributed by atoms with Gasteiger partial charge in [0.2, 0.25) is 0 Å². The highest BCUT2D eigenvalue weighted by Crippen LogP contribution is 2.29. The van der Waals surface area contributed by atoms with Gasteiger partial charge in [-0.2, -0.15) is 5.10 Å². The number of carbonyl (C=O) groups is 1. The molecule has 7 heteroatoms. The minimum atomic E-state index is 0.0553. The van der Waals surface area contributed by atoms with E-state index < -0.39 is 0 Å². The molecule has 1 fully saturated rings. The zero-order chi connectivity index (χ0) is 18.8. The van der Waals surface area contributed by atoms with E-state index in [1.165, 1.54) is 0 Å². The van der Waals surface area contributed by atoms with Gasteiger partial charge < -0.3 is 9.47 Å². The van der Waals surface area contributed by atoms with Crippen LogP contribution in [0.15, 0.2) is 43.0 Å². The Morgan fingerprint density at radius 1 is 1.26 bits per heavy atom. The summed E-state index contributed by atoms with van der Waals surface area (Å²) >= 11 is 0. The number of nitrogens with zero attached hydrogens (tertiary/aromatic N) is 6. The predicted octanol–water partition coefficient (Wildman–Crippen LogP) is 2.95. The zero-order valence-corrected chi connectivity index (χ0v) is 15.7. The largest absolute Gasteiger partial charge is 0.335 e. The van der Waals surface area contributed by atoms with Gasteiger partial charge in [-0.05, 0) is 44.9 Å². The molecule has 3 aromatic rings. The first-order valence-corrected chi connectivity index (χ1v) is 9.44. The van der Waals surface area contributed by atoms with Crippen LogP contribution in [0.1, 0.15) is 42.0 Å². The molecule has 7 nitrogen and oxygen atoms in total. The summed E-state index contributed by atoms with van der Waals surface area (Å²) in [6.45, 7) is 6.22. The van der Waals surface area contributed by atoms with Gasteiger partial charge in [0.1, 0.15) is 11.5 Å². The van der Waals surface area contributed by atoms with E-state index in [1.54, 1.807) is 23.1 Å². The van der Waals surface area contributed by atoms with Crippen molar-refractivity contribution >= 4 is 5.91 Å². The van der Waals surface area contributed by atoms with Crippen molar-refractivity contribution in [1.82, 2.24) is 29.2 Å². The molecule has 0 N–H and O–H groups in total. The summed E-state index contributed by atoms with van der Waals surface area (Å²) < 4.78 is 4.02. The minimum Gasteiger partial charge on any atom is -0.335 e. The van der Waals surface area contributed by atoms with Crippen LogP contribution in [-0.2, 0) is 6.54 Å². The second kappa shape index (κ2) is 7.34. The van der Waals surface area contributed by atoms with Crippen LogP contribution < -0.4 is 0 Å². The van der Waals surface area contributed by atoms with Gasteiger partial charge in [-0.15, -0.1) is 0 Å². The molecule has 0 saturated carbocycles. The van der Waals surface area contributed by atoms with Crippen LogP contribution in [0.3, 0.4) is 0 Å². The molecule has 4 heterocycles. The lowest BCUT2D eigenvalue weighted by Gasteiger charge is -2.34. The lowest BCUT2D eigenvalue weighted by atomic mass is 10.0. The summed E-state index contributed by atoms with van der Waals surface area (Å²) in [4.78, 5) is 23.8. The number of hydrogen-bond donors (Lipinski definition) is 0. The van der Waals surface area contributed by atoms with Crippen molar-refractivity contribution in [1.29, 1.82) is 0 Å². The molecule has 140 valence electrons. The number of aromatic nitrogens is 5. The van der Waals surface area contributed by atoms with Crippen molar-refractivity contribution < 1.29 is 4.79 Å². The maximum atomic E-state index is 13.0. The van der Waals surface area contributed by atoms with Gasteiger partial charge in [0.05, 0.1) is 6.04 Å². The van der Waals surface area contributed by atoms with Crippen LogP contribution in [0.25, 0.3) is 11.4 Å². The molecule has 0 spiro atoms. The van der Waals surface area contributed by atoms with Crippen LogP contribution in [0, 0.1) is 6.92 Å². The van der Waals surface area contributed by atoms with Crippen molar-refractivity contribution in [2.75, 3.05) is 13.1 Å². The number of carbonyl (C=O) groups excluding carboxylic acids is 1. The first-order valence-electron chi connectivity index (χ1n) is 9.44. The highest BCUT2D eigenvalue weighted by atomic mass is 16.2. The fourth-order valence-corrected chi connectivity index (χ4v) is 3.89. The smallest absolute Gasteiger partial charge is 0.272 e. The topological polar surface area (TPSA) is 68.8 Å². The van der Waals surface area contributed by atoms with E-state index >= 15 is 0 Å². The first kappa shape index (κ1) is 17.5. The van der Waals surface area contributed by atoms with Crippen molar-refractivity contribution in [3.63, 3.8) is 0 Å². The number of amides is 1. The predicted molar refractivity (Wildman–Crippen MR) is 102 cm³/mol. The Balaban J connectivity index is 1.61. The minimum absolute atomic E-state index is 0.0553. The lowest BCUT2D eigenvalue weighted by Crippen LogP contribution is -2.41. The monoisotopic (exact) mass is 364 g/mol. The van der Waals surface area contributed by atoms with Crippen LogP contribution in [-0.4, -0.2) is 48.2 Å². The number of imidazole rings is 1. The quantitative estimate of drug-likeness (QED) is 0.714. The average Bonchev–Trinajstić information content (AvgIpc) is 3.34. The normalized spacial score (nSPS) is 17.3. The maximum Gasteiger partial charge on any atom is 0.272 e. The number of aryl methyl sites for hydroxylation is 2. The number of pyridine rings is 1. The second-order valence-corrected chi connectivity index (χ2v) is 6.91. The van der Waals surface area contributed by atoms with E-state index in [9.17, 15) is 4.79 Å². The standard InChI is InChI=1S/C20H24N6O/c1-3-25-18(8-10-23-25)20(27)24-11-5-7-17(14-24)26-15(2)12-22-19(26)16-6-4-9-21-13-16/h4,6,8-10,12-13,17H,3,5,7,11,14H2,1-2H3. The molecule has 27 heavy (non-hydrogen) atoms. The molecule has 1 aliphatic rings. The summed E-state index contributed by atoms with van der Waals surface area (Å²) in [6, 6.07) is 5.96. The van der Waals surface area contributed by atoms with Crippen LogP contribution >= 0.6 is 0 Å². The Hall–Kier alpha value is -2.96. The molecule has 3 aromatic heterocycles. The number of rotatable bonds is 4. The number of likely N-dealkylation sites (tertiary alicyclic amines) is 1. The summed E-state index contributed by atoms with van der Waals surface area (Å²) in [6.07, 6.45) is 9.20. The van der Waals surface area contributed by atoms with Crippen LogP contribution in [0.5, 0.6) is 0 Å². The number of hydrogen-bond acceptors (Lipinski definition) is 4. The third-order valence-corrected chi connectivity index (χ3v) is 5.19. The lowest BCUT2D eigenvalue weighted by molar-refractivity contribution is 0.0666. The van der Waals surface area contributed by atoms with E-state index in [0.29, 0.717) is 18.8 Å². The molecule has 1 saturated heterocycles. The molecule has 0 aliphatic carbocycles. The molecule has 0 bridgehead atoms. The highest BCUT2D eigenvalue weighted by molar-refractivity contribution is 5.92. The van der Waals surface area contributed by atoms with Crippen LogP contribution in [0.4, 0.5) is 0 Å². The van der Waals surface area contributed by atoms with E-state index in [1.807, 2.05) is 36.4 Å². The van der Waals surface area contributed by atoms with E-state index in [0.717, 1.165) is 36.5 Å². The Labute approximate surface area is 158 Å². The average molecular weight is 364 g/mol. The highest BCUT2D eigenvalue weighted by Gasteiger charge is 2.29. The van der Waals surface area contributed by atoms with Gasteiger partial charge in [-0.3, -0.25) is 14.5 Å². The SMILES string of the molecule is CCn1nccc1C(=O)N1CCCC(n2c(C)cnc2-c2cccnc2)C1. The molecule has 1 amide bonds. The molecular formula is C20H24N6O. The van der Waals surface area contributed by atoms with Crippen LogP contribution in [0.2, 0.25) is 0 Å². The third kappa shape index (κ3) is 3.25. The Morgan fingerprint density at radius 2 is 2.15 bits per heavy atom. The Bertz CT molecular complexity index is 929. The molecule has 1 unspecified atom stereocenters. The second-order valence-electron chi connectivity index (χ2n) is 6.91. The van der Waals surface area contributed by atoms with Gasteiger partial charge in [0, 0.05) is 55.7 Å². The van der Waals surface area contributed by atoms with Crippen molar-refractivity contribution in [3.8, 4) is 11.4 Å². The molecule has 0 aromatic carbocycles. The first-order chi connectivity index (χ1) is 13.2. The molecule has 0 radical (unpaired) electrons. The van der Waals surface area contributed by atoms with Gasteiger partial charge >= 0.3 is 0 Å². The van der Waals surface area contributed by atoms with Gasteiger partial charge in [-0.1, -0.05) is 0 Å². The molecule has 1 aliphatic heterocycles. The Morgan fingerprint density at radius 3 is 2.93 bits per heavy atom. The van der Waals surface area contributed by atoms with Crippen molar-refractivity contribution in [2.24, 2.45) is 0 Å². The van der Waals surface area contributed by atoms with E-state index in [-0.39, 0.29) is 11.9 Å². The fourth-order valence-electron chi connectivity index (χ4n) is 3.89. The molecule has 4 rings (SSSR count). The third-order valence-electron chi connectivity index (χ3n) is 5.19. The zero-order valence-electron chi connectivity index (χ0n) is 15.7.